The zero-order valence-corrected chi connectivity index (χ0v) is 16.1. The Kier molecular flexibility index (Phi) is 6.32. The standard InChI is InChI=1S/C21H26N4O3/c1-24(14-22)21(28)16-8-3-4-9-17(16)23-20(27)19-13-15-7-2-5-10-18(15)25(19)11-6-12-26/h2,5,7,10,13,16-17,26H,3-4,6,8-9,11-12H2,1H3,(H,23,27)/t16-,17+/m1/s1. The molecule has 7 heteroatoms. The summed E-state index contributed by atoms with van der Waals surface area (Å²) in [5.74, 6) is -0.843. The molecule has 148 valence electrons. The van der Waals surface area contributed by atoms with Crippen molar-refractivity contribution in [2.45, 2.75) is 44.7 Å². The van der Waals surface area contributed by atoms with E-state index in [1.54, 1.807) is 0 Å². The minimum absolute atomic E-state index is 0.0489. The van der Waals surface area contributed by atoms with Crippen molar-refractivity contribution in [3.05, 3.63) is 36.0 Å². The maximum absolute atomic E-state index is 13.1. The average Bonchev–Trinajstić information content (AvgIpc) is 3.10. The van der Waals surface area contributed by atoms with Gasteiger partial charge in [0.2, 0.25) is 5.91 Å². The third-order valence-corrected chi connectivity index (χ3v) is 5.46. The number of aryl methyl sites for hydroxylation is 1. The number of amides is 2. The van der Waals surface area contributed by atoms with Crippen molar-refractivity contribution in [3.8, 4) is 6.19 Å². The van der Waals surface area contributed by atoms with Crippen LogP contribution in [0.15, 0.2) is 30.3 Å². The van der Waals surface area contributed by atoms with E-state index in [1.807, 2.05) is 41.1 Å². The normalized spacial score (nSPS) is 19.2. The fourth-order valence-electron chi connectivity index (χ4n) is 4.01. The molecule has 1 fully saturated rings. The van der Waals surface area contributed by atoms with Gasteiger partial charge in [0, 0.05) is 37.1 Å². The van der Waals surface area contributed by atoms with Crippen LogP contribution in [-0.4, -0.2) is 46.1 Å². The van der Waals surface area contributed by atoms with Crippen molar-refractivity contribution in [3.63, 3.8) is 0 Å². The molecule has 2 aromatic rings. The van der Waals surface area contributed by atoms with Gasteiger partial charge in [-0.25, -0.2) is 0 Å². The lowest BCUT2D eigenvalue weighted by atomic mass is 9.83. The molecule has 0 aliphatic heterocycles. The van der Waals surface area contributed by atoms with Crippen molar-refractivity contribution in [1.29, 1.82) is 5.26 Å². The molecule has 3 rings (SSSR count). The van der Waals surface area contributed by atoms with Gasteiger partial charge in [-0.15, -0.1) is 0 Å². The number of aromatic nitrogens is 1. The molecule has 0 radical (unpaired) electrons. The van der Waals surface area contributed by atoms with E-state index in [0.717, 1.165) is 35.1 Å². The number of rotatable bonds is 6. The molecule has 1 aromatic heterocycles. The molecule has 1 aliphatic rings. The summed E-state index contributed by atoms with van der Waals surface area (Å²) in [4.78, 5) is 26.7. The first kappa shape index (κ1) is 19.9. The number of fused-ring (bicyclic) bond motifs is 1. The highest BCUT2D eigenvalue weighted by atomic mass is 16.3. The van der Waals surface area contributed by atoms with Crippen LogP contribution in [-0.2, 0) is 11.3 Å². The van der Waals surface area contributed by atoms with Crippen LogP contribution < -0.4 is 5.32 Å². The lowest BCUT2D eigenvalue weighted by Crippen LogP contribution is -2.48. The molecule has 0 bridgehead atoms. The highest BCUT2D eigenvalue weighted by molar-refractivity contribution is 5.99. The monoisotopic (exact) mass is 382 g/mol. The maximum Gasteiger partial charge on any atom is 0.268 e. The van der Waals surface area contributed by atoms with E-state index < -0.39 is 0 Å². The second-order valence-electron chi connectivity index (χ2n) is 7.29. The Morgan fingerprint density at radius 2 is 2.07 bits per heavy atom. The average molecular weight is 382 g/mol. The van der Waals surface area contributed by atoms with Crippen LogP contribution in [0.4, 0.5) is 0 Å². The molecule has 2 N–H and O–H groups in total. The highest BCUT2D eigenvalue weighted by Gasteiger charge is 2.34. The predicted octanol–water partition coefficient (Wildman–Crippen LogP) is 2.25. The molecule has 1 aromatic carbocycles. The summed E-state index contributed by atoms with van der Waals surface area (Å²) in [6.45, 7) is 0.588. The van der Waals surface area contributed by atoms with Gasteiger partial charge in [-0.3, -0.25) is 14.5 Å². The second-order valence-corrected chi connectivity index (χ2v) is 7.29. The topological polar surface area (TPSA) is 98.4 Å². The predicted molar refractivity (Wildman–Crippen MR) is 105 cm³/mol. The summed E-state index contributed by atoms with van der Waals surface area (Å²) in [6.07, 6.45) is 5.66. The number of nitrogens with one attached hydrogen (secondary N) is 1. The van der Waals surface area contributed by atoms with E-state index in [0.29, 0.717) is 25.1 Å². The maximum atomic E-state index is 13.1. The Hall–Kier alpha value is -2.85. The molecule has 0 unspecified atom stereocenters. The van der Waals surface area contributed by atoms with Gasteiger partial charge in [-0.2, -0.15) is 5.26 Å². The van der Waals surface area contributed by atoms with Crippen LogP contribution in [0.25, 0.3) is 10.9 Å². The van der Waals surface area contributed by atoms with Crippen molar-refractivity contribution in [2.24, 2.45) is 5.92 Å². The molecule has 0 saturated heterocycles. The summed E-state index contributed by atoms with van der Waals surface area (Å²) in [5.41, 5.74) is 1.47. The van der Waals surface area contributed by atoms with Crippen molar-refractivity contribution < 1.29 is 14.7 Å². The van der Waals surface area contributed by atoms with E-state index in [-0.39, 0.29) is 30.4 Å². The minimum Gasteiger partial charge on any atom is -0.396 e. The summed E-state index contributed by atoms with van der Waals surface area (Å²) in [6, 6.07) is 9.33. The first-order valence-corrected chi connectivity index (χ1v) is 9.74. The molecular formula is C21H26N4O3. The lowest BCUT2D eigenvalue weighted by Gasteiger charge is -2.32. The number of benzene rings is 1. The SMILES string of the molecule is CN(C#N)C(=O)[C@@H]1CCCC[C@@H]1NC(=O)c1cc2ccccc2n1CCCO. The zero-order valence-electron chi connectivity index (χ0n) is 16.1. The largest absolute Gasteiger partial charge is 0.396 e. The van der Waals surface area contributed by atoms with E-state index in [9.17, 15) is 14.7 Å². The Balaban J connectivity index is 1.85. The fraction of sp³-hybridized carbons (Fsp3) is 0.476. The number of nitrogens with zero attached hydrogens (tertiary/aromatic N) is 3. The van der Waals surface area contributed by atoms with Gasteiger partial charge >= 0.3 is 0 Å². The van der Waals surface area contributed by atoms with Crippen LogP contribution in [0, 0.1) is 17.4 Å². The Morgan fingerprint density at radius 1 is 1.32 bits per heavy atom. The number of hydrogen-bond acceptors (Lipinski definition) is 4. The van der Waals surface area contributed by atoms with E-state index in [4.69, 9.17) is 5.26 Å². The van der Waals surface area contributed by atoms with Gasteiger partial charge in [0.05, 0.1) is 5.92 Å². The number of aliphatic hydroxyl groups is 1. The first-order valence-electron chi connectivity index (χ1n) is 9.74. The molecule has 28 heavy (non-hydrogen) atoms. The van der Waals surface area contributed by atoms with E-state index in [2.05, 4.69) is 5.32 Å². The molecule has 1 heterocycles. The smallest absolute Gasteiger partial charge is 0.268 e. The summed E-state index contributed by atoms with van der Waals surface area (Å²) < 4.78 is 1.92. The molecule has 0 spiro atoms. The van der Waals surface area contributed by atoms with Crippen LogP contribution in [0.3, 0.4) is 0 Å². The van der Waals surface area contributed by atoms with Crippen molar-refractivity contribution >= 4 is 22.7 Å². The minimum atomic E-state index is -0.377. The number of hydrogen-bond donors (Lipinski definition) is 2. The molecule has 2 atom stereocenters. The van der Waals surface area contributed by atoms with Crippen LogP contribution in [0.2, 0.25) is 0 Å². The Morgan fingerprint density at radius 3 is 2.82 bits per heavy atom. The van der Waals surface area contributed by atoms with Gasteiger partial charge in [-0.05, 0) is 31.4 Å². The van der Waals surface area contributed by atoms with Crippen molar-refractivity contribution in [1.82, 2.24) is 14.8 Å². The fourth-order valence-corrected chi connectivity index (χ4v) is 4.01. The third-order valence-electron chi connectivity index (χ3n) is 5.46. The molecular weight excluding hydrogens is 356 g/mol. The highest BCUT2D eigenvalue weighted by Crippen LogP contribution is 2.27. The summed E-state index contributed by atoms with van der Waals surface area (Å²) >= 11 is 0. The van der Waals surface area contributed by atoms with Gasteiger partial charge in [0.25, 0.3) is 5.91 Å². The van der Waals surface area contributed by atoms with Crippen molar-refractivity contribution in [2.75, 3.05) is 13.7 Å². The molecule has 2 amide bonds. The first-order chi connectivity index (χ1) is 13.6. The molecule has 7 nitrogen and oxygen atoms in total. The van der Waals surface area contributed by atoms with Gasteiger partial charge in [0.1, 0.15) is 5.69 Å². The summed E-state index contributed by atoms with van der Waals surface area (Å²) in [7, 11) is 1.46. The summed E-state index contributed by atoms with van der Waals surface area (Å²) in [5, 5.41) is 22.2. The third kappa shape index (κ3) is 4.02. The number of nitriles is 1. The van der Waals surface area contributed by atoms with Gasteiger partial charge in [-0.1, -0.05) is 31.0 Å². The lowest BCUT2D eigenvalue weighted by molar-refractivity contribution is -0.133. The molecule has 1 aliphatic carbocycles. The molecule has 1 saturated carbocycles. The van der Waals surface area contributed by atoms with Crippen LogP contribution >= 0.6 is 0 Å². The van der Waals surface area contributed by atoms with Crippen LogP contribution in [0.5, 0.6) is 0 Å². The zero-order chi connectivity index (χ0) is 20.1. The van der Waals surface area contributed by atoms with Crippen LogP contribution in [0.1, 0.15) is 42.6 Å². The number of para-hydroxylation sites is 1. The number of aliphatic hydroxyl groups excluding tert-OH is 1. The van der Waals surface area contributed by atoms with E-state index in [1.165, 1.54) is 7.05 Å². The second kappa shape index (κ2) is 8.89. The Bertz CT molecular complexity index is 899. The number of carbonyl (C=O) groups excluding carboxylic acids is 2. The van der Waals surface area contributed by atoms with Gasteiger partial charge in [0.15, 0.2) is 6.19 Å². The van der Waals surface area contributed by atoms with E-state index >= 15 is 0 Å². The quantitative estimate of drug-likeness (QED) is 0.591. The van der Waals surface area contributed by atoms with Gasteiger partial charge < -0.3 is 15.0 Å². The number of carbonyl (C=O) groups is 2. The Labute approximate surface area is 164 Å².